The van der Waals surface area contributed by atoms with Gasteiger partial charge in [-0.15, -0.1) is 0 Å². The maximum Gasteiger partial charge on any atom is 0.337 e. The molecule has 1 aromatic rings. The van der Waals surface area contributed by atoms with Gasteiger partial charge in [-0.3, -0.25) is 4.90 Å². The number of methoxy groups -OCH3 is 1. The Morgan fingerprint density at radius 2 is 2.05 bits per heavy atom. The molecule has 0 aliphatic heterocycles. The van der Waals surface area contributed by atoms with Crippen molar-refractivity contribution in [3.8, 4) is 0 Å². The molecule has 0 saturated heterocycles. The molecular formula is C17H26BrNO2. The first kappa shape index (κ1) is 18.2. The van der Waals surface area contributed by atoms with Gasteiger partial charge in [-0.1, -0.05) is 41.8 Å². The molecule has 0 aliphatic carbocycles. The van der Waals surface area contributed by atoms with Crippen LogP contribution in [-0.2, 0) is 11.3 Å². The summed E-state index contributed by atoms with van der Waals surface area (Å²) in [6, 6.07) is 6.18. The number of carbonyl (C=O) groups excluding carboxylic acids is 1. The molecule has 0 spiro atoms. The molecule has 0 amide bonds. The number of esters is 1. The minimum absolute atomic E-state index is 0.300. The molecule has 0 aromatic heterocycles. The topological polar surface area (TPSA) is 29.5 Å². The average Bonchev–Trinajstić information content (AvgIpc) is 2.46. The number of nitrogens with zero attached hydrogens (tertiary/aromatic N) is 1. The van der Waals surface area contributed by atoms with Crippen LogP contribution < -0.4 is 0 Å². The number of carbonyl (C=O) groups is 1. The second-order valence-electron chi connectivity index (χ2n) is 5.57. The van der Waals surface area contributed by atoms with E-state index in [1.54, 1.807) is 0 Å². The van der Waals surface area contributed by atoms with E-state index in [9.17, 15) is 4.79 Å². The molecule has 0 N–H and O–H groups in total. The van der Waals surface area contributed by atoms with E-state index < -0.39 is 0 Å². The molecule has 1 aromatic carbocycles. The van der Waals surface area contributed by atoms with E-state index in [1.807, 2.05) is 18.2 Å². The zero-order chi connectivity index (χ0) is 15.8. The zero-order valence-electron chi connectivity index (χ0n) is 13.5. The summed E-state index contributed by atoms with van der Waals surface area (Å²) in [5.74, 6) is -0.300. The molecular weight excluding hydrogens is 330 g/mol. The van der Waals surface area contributed by atoms with Gasteiger partial charge >= 0.3 is 5.97 Å². The number of unbranched alkanes of at least 4 members (excludes halogenated alkanes) is 2. The van der Waals surface area contributed by atoms with Gasteiger partial charge in [0.15, 0.2) is 0 Å². The van der Waals surface area contributed by atoms with Gasteiger partial charge in [0, 0.05) is 17.1 Å². The average molecular weight is 356 g/mol. The summed E-state index contributed by atoms with van der Waals surface area (Å²) in [5.41, 5.74) is 1.78. The molecule has 0 heterocycles. The lowest BCUT2D eigenvalue weighted by Crippen LogP contribution is -2.31. The predicted molar refractivity (Wildman–Crippen MR) is 90.6 cm³/mol. The summed E-state index contributed by atoms with van der Waals surface area (Å²) < 4.78 is 5.71. The highest BCUT2D eigenvalue weighted by atomic mass is 79.9. The zero-order valence-corrected chi connectivity index (χ0v) is 15.1. The fourth-order valence-corrected chi connectivity index (χ4v) is 2.73. The number of benzene rings is 1. The Bertz CT molecular complexity index is 460. The van der Waals surface area contributed by atoms with E-state index in [-0.39, 0.29) is 5.97 Å². The highest BCUT2D eigenvalue weighted by Gasteiger charge is 2.13. The Hall–Kier alpha value is -0.870. The lowest BCUT2D eigenvalue weighted by Gasteiger charge is -2.27. The maximum absolute atomic E-state index is 11.5. The number of hydrogen-bond donors (Lipinski definition) is 0. The fraction of sp³-hybridized carbons (Fsp3) is 0.588. The molecule has 0 unspecified atom stereocenters. The molecule has 118 valence electrons. The summed E-state index contributed by atoms with van der Waals surface area (Å²) >= 11 is 3.57. The first-order chi connectivity index (χ1) is 9.99. The summed E-state index contributed by atoms with van der Waals surface area (Å²) in [6.07, 6.45) is 3.74. The van der Waals surface area contributed by atoms with E-state index in [4.69, 9.17) is 4.74 Å². The molecule has 4 heteroatoms. The Labute approximate surface area is 136 Å². The summed E-state index contributed by atoms with van der Waals surface area (Å²) in [7, 11) is 1.40. The third-order valence-electron chi connectivity index (χ3n) is 3.63. The Morgan fingerprint density at radius 3 is 2.57 bits per heavy atom. The summed E-state index contributed by atoms with van der Waals surface area (Å²) in [6.45, 7) is 8.67. The molecule has 0 aliphatic rings. The lowest BCUT2D eigenvalue weighted by atomic mass is 10.1. The van der Waals surface area contributed by atoms with Crippen LogP contribution in [-0.4, -0.2) is 30.6 Å². The van der Waals surface area contributed by atoms with Gasteiger partial charge in [0.25, 0.3) is 0 Å². The molecule has 3 nitrogen and oxygen atoms in total. The normalized spacial score (nSPS) is 11.2. The van der Waals surface area contributed by atoms with Crippen LogP contribution in [0.2, 0.25) is 0 Å². The first-order valence-corrected chi connectivity index (χ1v) is 8.39. The fourth-order valence-electron chi connectivity index (χ4n) is 2.22. The molecule has 0 bridgehead atoms. The van der Waals surface area contributed by atoms with Crippen molar-refractivity contribution in [1.29, 1.82) is 0 Å². The number of hydrogen-bond acceptors (Lipinski definition) is 3. The van der Waals surface area contributed by atoms with Gasteiger partial charge in [0.2, 0.25) is 0 Å². The minimum atomic E-state index is -0.300. The van der Waals surface area contributed by atoms with Crippen LogP contribution in [0.25, 0.3) is 0 Å². The third-order valence-corrected chi connectivity index (χ3v) is 4.36. The summed E-state index contributed by atoms with van der Waals surface area (Å²) in [4.78, 5) is 14.0. The highest BCUT2D eigenvalue weighted by molar-refractivity contribution is 9.10. The van der Waals surface area contributed by atoms with Crippen LogP contribution in [0.15, 0.2) is 22.7 Å². The Kier molecular flexibility index (Phi) is 7.97. The lowest BCUT2D eigenvalue weighted by molar-refractivity contribution is 0.0600. The highest BCUT2D eigenvalue weighted by Crippen LogP contribution is 2.22. The Morgan fingerprint density at radius 1 is 1.33 bits per heavy atom. The van der Waals surface area contributed by atoms with Crippen LogP contribution in [0.5, 0.6) is 0 Å². The van der Waals surface area contributed by atoms with Crippen molar-refractivity contribution in [1.82, 2.24) is 4.90 Å². The van der Waals surface area contributed by atoms with Crippen molar-refractivity contribution in [2.24, 2.45) is 0 Å². The minimum Gasteiger partial charge on any atom is -0.465 e. The molecule has 0 atom stereocenters. The van der Waals surface area contributed by atoms with Gasteiger partial charge in [-0.2, -0.15) is 0 Å². The van der Waals surface area contributed by atoms with E-state index in [1.165, 1.54) is 31.9 Å². The van der Waals surface area contributed by atoms with Crippen LogP contribution in [0, 0.1) is 0 Å². The van der Waals surface area contributed by atoms with Crippen molar-refractivity contribution in [3.05, 3.63) is 33.8 Å². The molecule has 1 rings (SSSR count). The van der Waals surface area contributed by atoms with Crippen molar-refractivity contribution in [3.63, 3.8) is 0 Å². The van der Waals surface area contributed by atoms with Gasteiger partial charge in [-0.25, -0.2) is 4.79 Å². The van der Waals surface area contributed by atoms with Gasteiger partial charge < -0.3 is 4.74 Å². The maximum atomic E-state index is 11.5. The smallest absolute Gasteiger partial charge is 0.337 e. The molecule has 0 radical (unpaired) electrons. The molecule has 0 saturated carbocycles. The van der Waals surface area contributed by atoms with E-state index in [0.717, 1.165) is 17.6 Å². The van der Waals surface area contributed by atoms with Crippen molar-refractivity contribution >= 4 is 21.9 Å². The van der Waals surface area contributed by atoms with E-state index in [2.05, 4.69) is 41.6 Å². The van der Waals surface area contributed by atoms with E-state index in [0.29, 0.717) is 11.6 Å². The van der Waals surface area contributed by atoms with Crippen molar-refractivity contribution < 1.29 is 9.53 Å². The Balaban J connectivity index is 2.77. The van der Waals surface area contributed by atoms with Gasteiger partial charge in [0.05, 0.1) is 12.7 Å². The summed E-state index contributed by atoms with van der Waals surface area (Å²) in [5, 5.41) is 0. The number of ether oxygens (including phenoxy) is 1. The first-order valence-electron chi connectivity index (χ1n) is 7.60. The quantitative estimate of drug-likeness (QED) is 0.502. The third kappa shape index (κ3) is 5.79. The molecule has 21 heavy (non-hydrogen) atoms. The van der Waals surface area contributed by atoms with Crippen LogP contribution in [0.3, 0.4) is 0 Å². The second-order valence-corrected chi connectivity index (χ2v) is 6.42. The largest absolute Gasteiger partial charge is 0.465 e. The van der Waals surface area contributed by atoms with Gasteiger partial charge in [0.1, 0.15) is 0 Å². The second kappa shape index (κ2) is 9.21. The van der Waals surface area contributed by atoms with Crippen LogP contribution in [0.1, 0.15) is 56.0 Å². The number of halogens is 1. The standard InChI is InChI=1S/C17H26BrNO2/c1-5-6-7-10-19(13(2)3)12-15-9-8-14(11-16(15)18)17(20)21-4/h8-9,11,13H,5-7,10,12H2,1-4H3. The van der Waals surface area contributed by atoms with Crippen molar-refractivity contribution in [2.75, 3.05) is 13.7 Å². The SMILES string of the molecule is CCCCCN(Cc1ccc(C(=O)OC)cc1Br)C(C)C. The van der Waals surface area contributed by atoms with E-state index >= 15 is 0 Å². The number of rotatable bonds is 8. The molecule has 0 fully saturated rings. The van der Waals surface area contributed by atoms with Gasteiger partial charge in [-0.05, 0) is 44.5 Å². The van der Waals surface area contributed by atoms with Crippen LogP contribution >= 0.6 is 15.9 Å². The van der Waals surface area contributed by atoms with Crippen LogP contribution in [0.4, 0.5) is 0 Å². The predicted octanol–water partition coefficient (Wildman–Crippen LogP) is 4.64. The monoisotopic (exact) mass is 355 g/mol. The van der Waals surface area contributed by atoms with Crippen molar-refractivity contribution in [2.45, 2.75) is 52.6 Å².